The molecule has 3 heterocycles. The molecule has 0 saturated heterocycles. The standard InChI is InChI=1S/C51H32N4S/c1-4-14-33(15-5-1)38-30-43(34-16-6-2-7-17-34)48-44(31-38)42-29-26-37(32-47(42)56-48)51-53-49(35-18-8-3-9-19-35)52-50(54-51)36-24-27-39(28-25-36)55-45-22-12-10-20-40(45)41-21-11-13-23-46(41)55/h1-32H/i1D,2D,4D,5D,6D,7D,14D,15D,16D,17D. The van der Waals surface area contributed by atoms with E-state index in [2.05, 4.69) is 53.1 Å². The lowest BCUT2D eigenvalue weighted by atomic mass is 9.96. The Balaban J connectivity index is 1.09. The van der Waals surface area contributed by atoms with Crippen molar-refractivity contribution in [2.75, 3.05) is 0 Å². The Labute approximate surface area is 341 Å². The van der Waals surface area contributed by atoms with Gasteiger partial charge in [0.25, 0.3) is 0 Å². The van der Waals surface area contributed by atoms with E-state index in [4.69, 9.17) is 28.7 Å². The van der Waals surface area contributed by atoms with Crippen LogP contribution in [0.15, 0.2) is 194 Å². The monoisotopic (exact) mass is 742 g/mol. The summed E-state index contributed by atoms with van der Waals surface area (Å²) in [5.74, 6) is 1.36. The van der Waals surface area contributed by atoms with Crippen LogP contribution in [0.2, 0.25) is 0 Å². The summed E-state index contributed by atoms with van der Waals surface area (Å²) in [5.41, 5.74) is 5.82. The molecule has 0 spiro atoms. The van der Waals surface area contributed by atoms with E-state index in [-0.39, 0.29) is 22.3 Å². The van der Waals surface area contributed by atoms with E-state index in [1.54, 1.807) is 12.1 Å². The van der Waals surface area contributed by atoms with Gasteiger partial charge in [-0.2, -0.15) is 0 Å². The van der Waals surface area contributed by atoms with Gasteiger partial charge in [0.2, 0.25) is 0 Å². The molecule has 3 aromatic heterocycles. The fourth-order valence-electron chi connectivity index (χ4n) is 7.44. The molecule has 5 heteroatoms. The molecule has 11 rings (SSSR count). The highest BCUT2D eigenvalue weighted by atomic mass is 32.1. The van der Waals surface area contributed by atoms with Crippen LogP contribution in [0.25, 0.3) is 104 Å². The summed E-state index contributed by atoms with van der Waals surface area (Å²) in [4.78, 5) is 15.0. The van der Waals surface area contributed by atoms with Crippen molar-refractivity contribution in [1.29, 1.82) is 0 Å². The third-order valence-corrected chi connectivity index (χ3v) is 11.2. The highest BCUT2D eigenvalue weighted by molar-refractivity contribution is 7.26. The summed E-state index contributed by atoms with van der Waals surface area (Å²) < 4.78 is 89.3. The highest BCUT2D eigenvalue weighted by Crippen LogP contribution is 2.44. The minimum atomic E-state index is -0.543. The van der Waals surface area contributed by atoms with Crippen LogP contribution < -0.4 is 0 Å². The van der Waals surface area contributed by atoms with Crippen molar-refractivity contribution in [1.82, 2.24) is 19.5 Å². The molecule has 0 N–H and O–H groups in total. The number of aromatic nitrogens is 4. The van der Waals surface area contributed by atoms with Gasteiger partial charge in [-0.3, -0.25) is 0 Å². The Bertz CT molecular complexity index is 3720. The van der Waals surface area contributed by atoms with E-state index in [0.29, 0.717) is 33.1 Å². The largest absolute Gasteiger partial charge is 0.309 e. The lowest BCUT2D eigenvalue weighted by molar-refractivity contribution is 1.07. The molecule has 0 aliphatic heterocycles. The number of rotatable bonds is 6. The molecular formula is C51H32N4S. The molecule has 4 nitrogen and oxygen atoms in total. The summed E-state index contributed by atoms with van der Waals surface area (Å²) in [6.45, 7) is 0. The number of fused-ring (bicyclic) bond motifs is 6. The minimum Gasteiger partial charge on any atom is -0.309 e. The minimum absolute atomic E-state index is 0.0641. The first-order chi connectivity index (χ1) is 31.9. The average Bonchev–Trinajstić information content (AvgIpc) is 3.90. The first-order valence-electron chi connectivity index (χ1n) is 23.0. The van der Waals surface area contributed by atoms with Gasteiger partial charge in [0.1, 0.15) is 0 Å². The molecule has 262 valence electrons. The van der Waals surface area contributed by atoms with Gasteiger partial charge in [0.05, 0.1) is 24.7 Å². The molecule has 0 amide bonds. The molecule has 0 saturated carbocycles. The van der Waals surface area contributed by atoms with Crippen LogP contribution in [0, 0.1) is 0 Å². The molecule has 8 aromatic carbocycles. The molecule has 0 fully saturated rings. The van der Waals surface area contributed by atoms with Crippen molar-refractivity contribution in [3.8, 4) is 62.1 Å². The normalized spacial score (nSPS) is 14.1. The predicted octanol–water partition coefficient (Wildman–Crippen LogP) is 13.7. The van der Waals surface area contributed by atoms with Gasteiger partial charge in [-0.15, -0.1) is 11.3 Å². The van der Waals surface area contributed by atoms with Crippen molar-refractivity contribution >= 4 is 53.3 Å². The SMILES string of the molecule is [2H]c1c([2H])c([2H])c(-c2cc(-c3c([2H])c([2H])c([2H])c([2H])c3[2H])c3sc4cc(-c5nc(-c6ccccc6)nc(-c6ccc(-n7c8ccccc8c8ccccc87)cc6)n5)ccc4c3c2)c([2H])c1[2H]. The van der Waals surface area contributed by atoms with Crippen molar-refractivity contribution in [3.63, 3.8) is 0 Å². The van der Waals surface area contributed by atoms with Gasteiger partial charge in [-0.25, -0.2) is 15.0 Å². The van der Waals surface area contributed by atoms with Crippen molar-refractivity contribution in [2.24, 2.45) is 0 Å². The molecule has 0 bridgehead atoms. The molecular weight excluding hydrogens is 701 g/mol. The number of para-hydroxylation sites is 2. The first kappa shape index (κ1) is 23.5. The van der Waals surface area contributed by atoms with Crippen LogP contribution in [0.3, 0.4) is 0 Å². The highest BCUT2D eigenvalue weighted by Gasteiger charge is 2.18. The van der Waals surface area contributed by atoms with Crippen LogP contribution in [0.1, 0.15) is 13.7 Å². The summed E-state index contributed by atoms with van der Waals surface area (Å²) in [6, 6.07) is 38.7. The molecule has 0 unspecified atom stereocenters. The first-order valence-corrected chi connectivity index (χ1v) is 18.8. The van der Waals surface area contributed by atoms with E-state index < -0.39 is 60.4 Å². The van der Waals surface area contributed by atoms with Crippen molar-refractivity contribution in [2.45, 2.75) is 0 Å². The fourth-order valence-corrected chi connectivity index (χ4v) is 8.68. The average molecular weight is 743 g/mol. The van der Waals surface area contributed by atoms with E-state index in [9.17, 15) is 0 Å². The smallest absolute Gasteiger partial charge is 0.164 e. The Morgan fingerprint density at radius 2 is 0.964 bits per heavy atom. The number of hydrogen-bond acceptors (Lipinski definition) is 4. The molecule has 56 heavy (non-hydrogen) atoms. The molecule has 0 aliphatic carbocycles. The van der Waals surface area contributed by atoms with Crippen LogP contribution in [-0.2, 0) is 0 Å². The van der Waals surface area contributed by atoms with Crippen LogP contribution in [0.4, 0.5) is 0 Å². The van der Waals surface area contributed by atoms with Crippen molar-refractivity contribution < 1.29 is 13.7 Å². The lowest BCUT2D eigenvalue weighted by Crippen LogP contribution is -2.00. The fraction of sp³-hybridized carbons (Fsp3) is 0. The maximum atomic E-state index is 8.93. The topological polar surface area (TPSA) is 43.6 Å². The third-order valence-electron chi connectivity index (χ3n) is 10.0. The van der Waals surface area contributed by atoms with E-state index in [1.165, 1.54) is 22.1 Å². The van der Waals surface area contributed by atoms with Crippen molar-refractivity contribution in [3.05, 3.63) is 194 Å². The van der Waals surface area contributed by atoms with Crippen LogP contribution in [0.5, 0.6) is 0 Å². The number of benzene rings is 8. The molecule has 0 atom stereocenters. The Hall–Kier alpha value is -7.21. The van der Waals surface area contributed by atoms with E-state index in [0.717, 1.165) is 37.9 Å². The van der Waals surface area contributed by atoms with Gasteiger partial charge in [-0.1, -0.05) is 139 Å². The maximum absolute atomic E-state index is 8.93. The van der Waals surface area contributed by atoms with Crippen LogP contribution in [-0.4, -0.2) is 19.5 Å². The zero-order valence-electron chi connectivity index (χ0n) is 39.4. The van der Waals surface area contributed by atoms with Gasteiger partial charge in [-0.05, 0) is 71.3 Å². The van der Waals surface area contributed by atoms with Gasteiger partial charge in [0, 0.05) is 58.9 Å². The van der Waals surface area contributed by atoms with Gasteiger partial charge >= 0.3 is 0 Å². The molecule has 0 aliphatic rings. The Kier molecular flexibility index (Phi) is 5.58. The molecule has 0 radical (unpaired) electrons. The zero-order chi connectivity index (χ0) is 45.7. The summed E-state index contributed by atoms with van der Waals surface area (Å²) in [7, 11) is 0. The van der Waals surface area contributed by atoms with E-state index in [1.807, 2.05) is 72.8 Å². The summed E-state index contributed by atoms with van der Waals surface area (Å²) in [5, 5.41) is 3.68. The van der Waals surface area contributed by atoms with E-state index >= 15 is 0 Å². The number of thiophene rings is 1. The van der Waals surface area contributed by atoms with Gasteiger partial charge < -0.3 is 4.57 Å². The number of hydrogen-bond donors (Lipinski definition) is 0. The second-order valence-electron chi connectivity index (χ2n) is 13.3. The Morgan fingerprint density at radius 3 is 1.62 bits per heavy atom. The quantitative estimate of drug-likeness (QED) is 0.170. The third kappa shape index (κ3) is 5.48. The molecule has 11 aromatic rings. The zero-order valence-corrected chi connectivity index (χ0v) is 30.2. The van der Waals surface area contributed by atoms with Gasteiger partial charge in [0.15, 0.2) is 17.5 Å². The predicted molar refractivity (Wildman–Crippen MR) is 234 cm³/mol. The number of nitrogens with zero attached hydrogens (tertiary/aromatic N) is 4. The second kappa shape index (κ2) is 13.3. The van der Waals surface area contributed by atoms with Crippen LogP contribution >= 0.6 is 11.3 Å². The Morgan fingerprint density at radius 1 is 0.411 bits per heavy atom. The summed E-state index contributed by atoms with van der Waals surface area (Å²) >= 11 is 1.34. The maximum Gasteiger partial charge on any atom is 0.164 e. The second-order valence-corrected chi connectivity index (χ2v) is 14.4. The summed E-state index contributed by atoms with van der Waals surface area (Å²) in [6.07, 6.45) is 0. The lowest BCUT2D eigenvalue weighted by Gasteiger charge is -2.11.